The van der Waals surface area contributed by atoms with E-state index in [1.165, 1.54) is 12.1 Å². The van der Waals surface area contributed by atoms with E-state index < -0.39 is 49.2 Å². The van der Waals surface area contributed by atoms with Crippen LogP contribution in [0.4, 0.5) is 16.2 Å². The lowest BCUT2D eigenvalue weighted by atomic mass is 9.63. The molecule has 2 heterocycles. The number of ketones is 2. The highest BCUT2D eigenvalue weighted by atomic mass is 32.2. The van der Waals surface area contributed by atoms with Crippen LogP contribution in [0.1, 0.15) is 49.5 Å². The number of amidine groups is 1. The van der Waals surface area contributed by atoms with Crippen molar-refractivity contribution in [1.82, 2.24) is 4.31 Å². The largest absolute Gasteiger partial charge is 0.447 e. The van der Waals surface area contributed by atoms with E-state index in [4.69, 9.17) is 0 Å². The first-order valence-electron chi connectivity index (χ1n) is 12.7. The van der Waals surface area contributed by atoms with Crippen LogP contribution in [0.2, 0.25) is 0 Å². The normalized spacial score (nSPS) is 23.7. The highest BCUT2D eigenvalue weighted by Crippen LogP contribution is 2.43. The zero-order valence-electron chi connectivity index (χ0n) is 22.0. The molecular formula is C26H28N4O8S2. The number of hydrogen-bond acceptors (Lipinski definition) is 9. The molecule has 5 rings (SSSR count). The summed E-state index contributed by atoms with van der Waals surface area (Å²) in [4.78, 5) is 38.9. The Morgan fingerprint density at radius 2 is 1.90 bits per heavy atom. The quantitative estimate of drug-likeness (QED) is 0.462. The maximum absolute atomic E-state index is 14.0. The maximum Gasteiger partial charge on any atom is 0.425 e. The van der Waals surface area contributed by atoms with Crippen molar-refractivity contribution in [2.45, 2.75) is 43.9 Å². The minimum Gasteiger partial charge on any atom is -0.447 e. The Balaban J connectivity index is 1.50. The van der Waals surface area contributed by atoms with E-state index in [2.05, 4.69) is 19.2 Å². The highest BCUT2D eigenvalue weighted by molar-refractivity contribution is 7.91. The number of benzene rings is 2. The number of sulfonamides is 1. The number of nitrogens with one attached hydrogen (secondary N) is 2. The molecule has 2 N–H and O–H groups in total. The van der Waals surface area contributed by atoms with Gasteiger partial charge in [-0.1, -0.05) is 38.1 Å². The monoisotopic (exact) mass is 588 g/mol. The molecule has 14 heteroatoms. The lowest BCUT2D eigenvalue weighted by Gasteiger charge is -2.39. The number of Topliss-reactive ketones (excluding diaryl/α,β-unsaturated/α-hetero) is 2. The number of nitrogens with zero attached hydrogens (tertiary/aromatic N) is 2. The zero-order valence-corrected chi connectivity index (χ0v) is 23.6. The summed E-state index contributed by atoms with van der Waals surface area (Å²) in [7, 11) is -8.81. The van der Waals surface area contributed by atoms with Crippen LogP contribution in [0.5, 0.6) is 0 Å². The van der Waals surface area contributed by atoms with Crippen LogP contribution in [0.25, 0.3) is 0 Å². The van der Waals surface area contributed by atoms with Gasteiger partial charge in [0.25, 0.3) is 10.0 Å². The van der Waals surface area contributed by atoms with Gasteiger partial charge in [0.05, 0.1) is 23.3 Å². The summed E-state index contributed by atoms with van der Waals surface area (Å²) >= 11 is 0. The molecule has 2 aromatic rings. The van der Waals surface area contributed by atoms with E-state index in [1.807, 2.05) is 13.8 Å². The predicted octanol–water partition coefficient (Wildman–Crippen LogP) is 3.08. The zero-order chi connectivity index (χ0) is 29.0. The fourth-order valence-corrected chi connectivity index (χ4v) is 7.44. The fraction of sp³-hybridized carbons (Fsp3) is 0.385. The molecular weight excluding hydrogens is 560 g/mol. The number of fused-ring (bicyclic) bond motifs is 2. The molecule has 0 aromatic heterocycles. The van der Waals surface area contributed by atoms with Crippen molar-refractivity contribution in [2.75, 3.05) is 23.2 Å². The van der Waals surface area contributed by atoms with Crippen molar-refractivity contribution in [3.05, 3.63) is 53.6 Å². The maximum atomic E-state index is 14.0. The van der Waals surface area contributed by atoms with Crippen molar-refractivity contribution in [2.24, 2.45) is 16.2 Å². The highest BCUT2D eigenvalue weighted by Gasteiger charge is 2.51. The Labute approximate surface area is 232 Å². The van der Waals surface area contributed by atoms with E-state index >= 15 is 0 Å². The van der Waals surface area contributed by atoms with Crippen LogP contribution in [0.3, 0.4) is 0 Å². The van der Waals surface area contributed by atoms with Gasteiger partial charge >= 0.3 is 16.3 Å². The number of anilines is 2. The molecule has 0 saturated carbocycles. The Hall–Kier alpha value is -3.78. The second kappa shape index (κ2) is 9.70. The summed E-state index contributed by atoms with van der Waals surface area (Å²) in [5.74, 6) is -2.46. The number of cyclic esters (lactones) is 1. The van der Waals surface area contributed by atoms with E-state index in [-0.39, 0.29) is 35.3 Å². The summed E-state index contributed by atoms with van der Waals surface area (Å²) in [6.45, 7) is 5.56. The summed E-state index contributed by atoms with van der Waals surface area (Å²) < 4.78 is 62.8. The Morgan fingerprint density at radius 3 is 2.58 bits per heavy atom. The van der Waals surface area contributed by atoms with Crippen LogP contribution in [-0.2, 0) is 35.2 Å². The number of hydrogen-bond donors (Lipinski definition) is 2. The van der Waals surface area contributed by atoms with Crippen molar-refractivity contribution < 1.29 is 36.0 Å². The van der Waals surface area contributed by atoms with Gasteiger partial charge in [-0.2, -0.15) is 21.1 Å². The third kappa shape index (κ3) is 4.64. The Morgan fingerprint density at radius 1 is 1.18 bits per heavy atom. The van der Waals surface area contributed by atoms with E-state index in [0.29, 0.717) is 34.2 Å². The first kappa shape index (κ1) is 27.8. The van der Waals surface area contributed by atoms with Gasteiger partial charge in [-0.05, 0) is 49.4 Å². The lowest BCUT2D eigenvalue weighted by Crippen LogP contribution is -2.51. The van der Waals surface area contributed by atoms with Gasteiger partial charge in [0.1, 0.15) is 23.3 Å². The van der Waals surface area contributed by atoms with Crippen molar-refractivity contribution in [3.63, 3.8) is 0 Å². The molecule has 1 fully saturated rings. The molecule has 2 aromatic carbocycles. The summed E-state index contributed by atoms with van der Waals surface area (Å²) in [5, 5.41) is 2.84. The molecule has 0 radical (unpaired) electrons. The van der Waals surface area contributed by atoms with E-state index in [0.717, 1.165) is 6.07 Å². The summed E-state index contributed by atoms with van der Waals surface area (Å²) in [5.41, 5.74) is -0.192. The molecule has 2 atom stereocenters. The number of rotatable bonds is 7. The molecule has 1 amide bonds. The molecule has 3 aliphatic rings. The fourth-order valence-electron chi connectivity index (χ4n) is 5.16. The standard InChI is InChI=1S/C26H28N4O8S2/c1-15(2)10-11-26(3)18-7-5-4-6-17(18)22(31)21(23(26)32)24-27-19-9-8-16(14-20(19)39(34,35)29-24)28-40(36,37)30-12-13-38-25(30)33/h4-9,14-15,21,28H,10-13H2,1-3H3,(H,27,29). The van der Waals surface area contributed by atoms with Crippen LogP contribution in [0.15, 0.2) is 51.8 Å². The van der Waals surface area contributed by atoms with Gasteiger partial charge in [-0.3, -0.25) is 14.3 Å². The topological polar surface area (TPSA) is 168 Å². The number of ether oxygens (including phenoxy) is 1. The van der Waals surface area contributed by atoms with Crippen molar-refractivity contribution >= 4 is 55.1 Å². The molecule has 1 aliphatic carbocycles. The third-order valence-corrected chi connectivity index (χ3v) is 10.1. The average Bonchev–Trinajstić information content (AvgIpc) is 3.33. The summed E-state index contributed by atoms with van der Waals surface area (Å²) in [6.07, 6.45) is 0.138. The van der Waals surface area contributed by atoms with Gasteiger partial charge in [-0.25, -0.2) is 4.79 Å². The summed E-state index contributed by atoms with van der Waals surface area (Å²) in [6, 6.07) is 10.5. The van der Waals surface area contributed by atoms with Crippen molar-refractivity contribution in [3.8, 4) is 0 Å². The van der Waals surface area contributed by atoms with E-state index in [9.17, 15) is 31.2 Å². The second-order valence-corrected chi connectivity index (χ2v) is 13.7. The Kier molecular flexibility index (Phi) is 6.73. The van der Waals surface area contributed by atoms with Gasteiger partial charge in [-0.15, -0.1) is 4.40 Å². The van der Waals surface area contributed by atoms with Crippen molar-refractivity contribution in [1.29, 1.82) is 0 Å². The number of amides is 1. The van der Waals surface area contributed by atoms with Crippen LogP contribution >= 0.6 is 0 Å². The average molecular weight is 589 g/mol. The van der Waals surface area contributed by atoms with Gasteiger partial charge < -0.3 is 10.1 Å². The minimum atomic E-state index is -4.45. The third-order valence-electron chi connectivity index (χ3n) is 7.35. The number of carbonyl (C=O) groups is 3. The predicted molar refractivity (Wildman–Crippen MR) is 146 cm³/mol. The minimum absolute atomic E-state index is 0.0249. The molecule has 1 saturated heterocycles. The Bertz CT molecular complexity index is 1680. The molecule has 12 nitrogen and oxygen atoms in total. The smallest absolute Gasteiger partial charge is 0.425 e. The van der Waals surface area contributed by atoms with Crippen LogP contribution in [-0.4, -0.2) is 57.8 Å². The lowest BCUT2D eigenvalue weighted by molar-refractivity contribution is -0.125. The first-order chi connectivity index (χ1) is 18.7. The van der Waals surface area contributed by atoms with Crippen LogP contribution < -0.4 is 10.0 Å². The molecule has 212 valence electrons. The number of carbonyl (C=O) groups excluding carboxylic acids is 3. The molecule has 2 aliphatic heterocycles. The molecule has 0 spiro atoms. The second-order valence-electron chi connectivity index (χ2n) is 10.6. The van der Waals surface area contributed by atoms with Gasteiger partial charge in [0.2, 0.25) is 0 Å². The molecule has 40 heavy (non-hydrogen) atoms. The first-order valence-corrected chi connectivity index (χ1v) is 15.5. The molecule has 2 unspecified atom stereocenters. The SMILES string of the molecule is CC(C)CCC1(C)C(=O)C(C2=NS(=O)(=O)c3cc(NS(=O)(=O)N4CCOC4=O)ccc3N2)C(=O)c2ccccc21. The van der Waals surface area contributed by atoms with Gasteiger partial charge in [0, 0.05) is 5.56 Å². The van der Waals surface area contributed by atoms with Crippen LogP contribution in [0, 0.1) is 11.8 Å². The molecule has 0 bridgehead atoms. The van der Waals surface area contributed by atoms with E-state index in [1.54, 1.807) is 31.2 Å². The van der Waals surface area contributed by atoms with Gasteiger partial charge in [0.15, 0.2) is 11.6 Å².